The summed E-state index contributed by atoms with van der Waals surface area (Å²) < 4.78 is 14.1. The predicted octanol–water partition coefficient (Wildman–Crippen LogP) is 5.24. The zero-order chi connectivity index (χ0) is 23.2. The molecule has 2 aromatic carbocycles. The molecule has 0 spiro atoms. The molecular formula is C27H35ClFN3O. The molecule has 0 bridgehead atoms. The van der Waals surface area contributed by atoms with Crippen molar-refractivity contribution in [3.8, 4) is 0 Å². The molecule has 2 heterocycles. The van der Waals surface area contributed by atoms with Crippen molar-refractivity contribution in [2.24, 2.45) is 11.8 Å². The maximum atomic E-state index is 14.1. The number of amides is 1. The minimum Gasteiger partial charge on any atom is -0.352 e. The zero-order valence-corrected chi connectivity index (χ0v) is 20.3. The molecule has 0 aliphatic carbocycles. The van der Waals surface area contributed by atoms with Gasteiger partial charge in [0.2, 0.25) is 5.91 Å². The molecule has 2 saturated heterocycles. The summed E-state index contributed by atoms with van der Waals surface area (Å²) in [6, 6.07) is 13.4. The number of hydrogen-bond donors (Lipinski definition) is 1. The van der Waals surface area contributed by atoms with Crippen LogP contribution < -0.4 is 5.32 Å². The lowest BCUT2D eigenvalue weighted by atomic mass is 9.95. The number of likely N-dealkylation sites (tertiary alicyclic amines) is 2. The number of hydrogen-bond acceptors (Lipinski definition) is 3. The molecule has 1 atom stereocenters. The lowest BCUT2D eigenvalue weighted by Crippen LogP contribution is -2.40. The molecule has 2 fully saturated rings. The van der Waals surface area contributed by atoms with E-state index >= 15 is 0 Å². The van der Waals surface area contributed by atoms with Gasteiger partial charge in [-0.1, -0.05) is 48.9 Å². The Morgan fingerprint density at radius 3 is 2.55 bits per heavy atom. The van der Waals surface area contributed by atoms with E-state index in [0.29, 0.717) is 23.7 Å². The van der Waals surface area contributed by atoms with E-state index in [1.807, 2.05) is 0 Å². The van der Waals surface area contributed by atoms with Crippen LogP contribution in [-0.4, -0.2) is 41.9 Å². The molecule has 33 heavy (non-hydrogen) atoms. The number of piperidine rings is 2. The van der Waals surface area contributed by atoms with Crippen molar-refractivity contribution in [2.45, 2.75) is 52.2 Å². The van der Waals surface area contributed by atoms with Gasteiger partial charge in [0.15, 0.2) is 0 Å². The van der Waals surface area contributed by atoms with E-state index in [1.54, 1.807) is 12.1 Å². The van der Waals surface area contributed by atoms with E-state index in [0.717, 1.165) is 44.0 Å². The first-order valence-electron chi connectivity index (χ1n) is 12.2. The van der Waals surface area contributed by atoms with E-state index in [-0.39, 0.29) is 17.6 Å². The number of halogens is 2. The summed E-state index contributed by atoms with van der Waals surface area (Å²) in [5.41, 5.74) is 3.01. The fourth-order valence-corrected chi connectivity index (χ4v) is 5.34. The second-order valence-corrected chi connectivity index (χ2v) is 10.2. The Kier molecular flexibility index (Phi) is 8.39. The van der Waals surface area contributed by atoms with Crippen LogP contribution in [0, 0.1) is 17.7 Å². The molecule has 2 aliphatic rings. The van der Waals surface area contributed by atoms with E-state index < -0.39 is 0 Å². The molecule has 4 rings (SSSR count). The summed E-state index contributed by atoms with van der Waals surface area (Å²) in [6.45, 7) is 8.25. The lowest BCUT2D eigenvalue weighted by Gasteiger charge is -2.31. The lowest BCUT2D eigenvalue weighted by molar-refractivity contribution is -0.126. The minimum atomic E-state index is -0.264. The highest BCUT2D eigenvalue weighted by Gasteiger charge is 2.25. The molecule has 0 aromatic heterocycles. The molecule has 178 valence electrons. The van der Waals surface area contributed by atoms with Crippen molar-refractivity contribution < 1.29 is 9.18 Å². The highest BCUT2D eigenvalue weighted by molar-refractivity contribution is 6.31. The topological polar surface area (TPSA) is 35.6 Å². The van der Waals surface area contributed by atoms with Crippen LogP contribution in [0.5, 0.6) is 0 Å². The fourth-order valence-electron chi connectivity index (χ4n) is 5.12. The SMILES string of the molecule is CC1CCCN(Cc2cccc(CNC(=O)C3CCN(Cc4c(F)cccc4Cl)CC3)c2)C1. The number of benzene rings is 2. The van der Waals surface area contributed by atoms with Crippen molar-refractivity contribution in [3.63, 3.8) is 0 Å². The molecular weight excluding hydrogens is 437 g/mol. The van der Waals surface area contributed by atoms with Gasteiger partial charge < -0.3 is 5.32 Å². The highest BCUT2D eigenvalue weighted by atomic mass is 35.5. The standard InChI is InChI=1S/C27H35ClFN3O/c1-20-5-4-12-32(17-20)18-22-7-2-6-21(15-22)16-30-27(33)23-10-13-31(14-11-23)19-24-25(28)8-3-9-26(24)29/h2-3,6-9,15,20,23H,4-5,10-14,16-19H2,1H3,(H,30,33). The molecule has 2 aromatic rings. The normalized spacial score (nSPS) is 20.6. The largest absolute Gasteiger partial charge is 0.352 e. The molecule has 1 unspecified atom stereocenters. The molecule has 1 N–H and O–H groups in total. The summed E-state index contributed by atoms with van der Waals surface area (Å²) in [7, 11) is 0. The number of nitrogens with zero attached hydrogens (tertiary/aromatic N) is 2. The van der Waals surface area contributed by atoms with E-state index in [4.69, 9.17) is 11.6 Å². The summed E-state index contributed by atoms with van der Waals surface area (Å²) in [5.74, 6) is 0.639. The van der Waals surface area contributed by atoms with Crippen LogP contribution in [0.25, 0.3) is 0 Å². The molecule has 6 heteroatoms. The average Bonchev–Trinajstić information content (AvgIpc) is 2.81. The maximum absolute atomic E-state index is 14.1. The number of rotatable bonds is 7. The van der Waals surface area contributed by atoms with Gasteiger partial charge in [-0.05, 0) is 74.5 Å². The smallest absolute Gasteiger partial charge is 0.223 e. The molecule has 4 nitrogen and oxygen atoms in total. The molecule has 1 amide bonds. The van der Waals surface area contributed by atoms with Gasteiger partial charge >= 0.3 is 0 Å². The van der Waals surface area contributed by atoms with Crippen molar-refractivity contribution in [2.75, 3.05) is 26.2 Å². The van der Waals surface area contributed by atoms with Gasteiger partial charge in [0.25, 0.3) is 0 Å². The van der Waals surface area contributed by atoms with Crippen LogP contribution >= 0.6 is 11.6 Å². The third-order valence-corrected chi connectivity index (χ3v) is 7.36. The van der Waals surface area contributed by atoms with Crippen molar-refractivity contribution in [1.29, 1.82) is 0 Å². The molecule has 0 radical (unpaired) electrons. The van der Waals surface area contributed by atoms with Gasteiger partial charge in [-0.25, -0.2) is 4.39 Å². The van der Waals surface area contributed by atoms with Crippen LogP contribution in [0.2, 0.25) is 5.02 Å². The Balaban J connectivity index is 1.23. The Bertz CT molecular complexity index is 924. The number of carbonyl (C=O) groups excluding carboxylic acids is 1. The second-order valence-electron chi connectivity index (χ2n) is 9.77. The van der Waals surface area contributed by atoms with Crippen LogP contribution in [0.4, 0.5) is 4.39 Å². The van der Waals surface area contributed by atoms with Gasteiger partial charge in [0.05, 0.1) is 0 Å². The van der Waals surface area contributed by atoms with E-state index in [2.05, 4.69) is 46.3 Å². The molecule has 0 saturated carbocycles. The quantitative estimate of drug-likeness (QED) is 0.599. The van der Waals surface area contributed by atoms with Gasteiger partial charge in [-0.3, -0.25) is 14.6 Å². The second kappa shape index (κ2) is 11.5. The third kappa shape index (κ3) is 6.78. The van der Waals surface area contributed by atoms with Crippen molar-refractivity contribution in [3.05, 3.63) is 70.0 Å². The predicted molar refractivity (Wildman–Crippen MR) is 131 cm³/mol. The Hall–Kier alpha value is -1.95. The third-order valence-electron chi connectivity index (χ3n) is 7.01. The van der Waals surface area contributed by atoms with E-state index in [1.165, 1.54) is 37.6 Å². The first kappa shape index (κ1) is 24.2. The Morgan fingerprint density at radius 1 is 1.03 bits per heavy atom. The summed E-state index contributed by atoms with van der Waals surface area (Å²) in [6.07, 6.45) is 4.18. The van der Waals surface area contributed by atoms with Crippen LogP contribution in [0.15, 0.2) is 42.5 Å². The average molecular weight is 472 g/mol. The monoisotopic (exact) mass is 471 g/mol. The molecule has 2 aliphatic heterocycles. The first-order chi connectivity index (χ1) is 16.0. The van der Waals surface area contributed by atoms with Crippen molar-refractivity contribution in [1.82, 2.24) is 15.1 Å². The number of carbonyl (C=O) groups is 1. The summed E-state index contributed by atoms with van der Waals surface area (Å²) in [5, 5.41) is 3.60. The maximum Gasteiger partial charge on any atom is 0.223 e. The van der Waals surface area contributed by atoms with Gasteiger partial charge in [-0.15, -0.1) is 0 Å². The van der Waals surface area contributed by atoms with Crippen molar-refractivity contribution >= 4 is 17.5 Å². The number of nitrogens with one attached hydrogen (secondary N) is 1. The summed E-state index contributed by atoms with van der Waals surface area (Å²) >= 11 is 6.17. The first-order valence-corrected chi connectivity index (χ1v) is 12.6. The minimum absolute atomic E-state index is 0.00959. The summed E-state index contributed by atoms with van der Waals surface area (Å²) in [4.78, 5) is 17.5. The zero-order valence-electron chi connectivity index (χ0n) is 19.5. The van der Waals surface area contributed by atoms with Gasteiger partial charge in [0.1, 0.15) is 5.82 Å². The Morgan fingerprint density at radius 2 is 1.79 bits per heavy atom. The van der Waals surface area contributed by atoms with Crippen LogP contribution in [-0.2, 0) is 24.4 Å². The van der Waals surface area contributed by atoms with Crippen LogP contribution in [0.1, 0.15) is 49.3 Å². The fraction of sp³-hybridized carbons (Fsp3) is 0.519. The van der Waals surface area contributed by atoms with Gasteiger partial charge in [-0.2, -0.15) is 0 Å². The Labute approximate surface area is 202 Å². The highest BCUT2D eigenvalue weighted by Crippen LogP contribution is 2.24. The van der Waals surface area contributed by atoms with E-state index in [9.17, 15) is 9.18 Å². The van der Waals surface area contributed by atoms with Gasteiger partial charge in [0, 0.05) is 42.7 Å². The van der Waals surface area contributed by atoms with Crippen LogP contribution in [0.3, 0.4) is 0 Å².